The van der Waals surface area contributed by atoms with E-state index in [0.717, 1.165) is 5.39 Å². The van der Waals surface area contributed by atoms with E-state index >= 15 is 0 Å². The van der Waals surface area contributed by atoms with Crippen LogP contribution in [0.15, 0.2) is 23.0 Å². The molecule has 0 radical (unpaired) electrons. The van der Waals surface area contributed by atoms with Gasteiger partial charge in [0.25, 0.3) is 0 Å². The van der Waals surface area contributed by atoms with Gasteiger partial charge in [-0.05, 0) is 0 Å². The van der Waals surface area contributed by atoms with Gasteiger partial charge in [0.2, 0.25) is 0 Å². The number of pyridine rings is 2. The van der Waals surface area contributed by atoms with E-state index in [-0.39, 0.29) is 11.1 Å². The third-order valence-electron chi connectivity index (χ3n) is 5.39. The minimum atomic E-state index is -2.60. The van der Waals surface area contributed by atoms with Crippen LogP contribution in [-0.2, 0) is 0 Å². The van der Waals surface area contributed by atoms with Gasteiger partial charge in [0, 0.05) is 0 Å². The minimum absolute atomic E-state index is 0.157. The number of H-pyrrole nitrogens is 1. The maximum absolute atomic E-state index is 12.0. The Morgan fingerprint density at radius 3 is 2.12 bits per heavy atom. The summed E-state index contributed by atoms with van der Waals surface area (Å²) in [7, 11) is 0. The Bertz CT molecular complexity index is 800. The first-order chi connectivity index (χ1) is 12.6. The molecule has 2 rings (SSSR count). The summed E-state index contributed by atoms with van der Waals surface area (Å²) in [6.45, 7) is 6.81. The van der Waals surface area contributed by atoms with Crippen molar-refractivity contribution in [2.24, 2.45) is 0 Å². The quantitative estimate of drug-likeness (QED) is 0.516. The van der Waals surface area contributed by atoms with Gasteiger partial charge in [0.15, 0.2) is 0 Å². The van der Waals surface area contributed by atoms with E-state index in [1.165, 1.54) is 55.5 Å². The summed E-state index contributed by atoms with van der Waals surface area (Å²) in [4.78, 5) is 19.8. The number of fused-ring (bicyclic) bond motifs is 1. The van der Waals surface area contributed by atoms with Gasteiger partial charge in [-0.1, -0.05) is 0 Å². The van der Waals surface area contributed by atoms with Crippen molar-refractivity contribution < 1.29 is 0 Å². The first-order valence-electron chi connectivity index (χ1n) is 10.0. The molecule has 0 aliphatic heterocycles. The van der Waals surface area contributed by atoms with Gasteiger partial charge in [-0.2, -0.15) is 0 Å². The molecule has 26 heavy (non-hydrogen) atoms. The van der Waals surface area contributed by atoms with E-state index in [0.29, 0.717) is 5.65 Å². The number of unbranched alkanes of at least 4 members (excludes halogenated alkanes) is 3. The third kappa shape index (κ3) is 4.88. The number of hydrogen-bond acceptors (Lipinski definition) is 3. The van der Waals surface area contributed by atoms with Crippen molar-refractivity contribution in [2.45, 2.75) is 72.6 Å². The first-order valence-corrected chi connectivity index (χ1v) is 17.5. The first kappa shape index (κ1) is 21.0. The zero-order valence-electron chi connectivity index (χ0n) is 16.4. The van der Waals surface area contributed by atoms with E-state index in [9.17, 15) is 4.79 Å². The Kier molecular flexibility index (Phi) is 8.14. The number of hydrogen-bond donors (Lipinski definition) is 1. The molecule has 0 saturated heterocycles. The predicted octanol–water partition coefficient (Wildman–Crippen LogP) is 4.85. The Morgan fingerprint density at radius 1 is 1.04 bits per heavy atom. The molecule has 0 aromatic carbocycles. The average Bonchev–Trinajstić information content (AvgIpc) is 2.66. The van der Waals surface area contributed by atoms with Crippen LogP contribution in [0.2, 0.25) is 13.3 Å². The molecule has 0 amide bonds. The zero-order valence-corrected chi connectivity index (χ0v) is 19.3. The van der Waals surface area contributed by atoms with Gasteiger partial charge in [-0.15, -0.1) is 0 Å². The molecule has 2 aromatic heterocycles. The Morgan fingerprint density at radius 2 is 1.62 bits per heavy atom. The molecule has 2 aromatic rings. The summed E-state index contributed by atoms with van der Waals surface area (Å²) in [5, 5.41) is 9.93. The SMILES string of the molecule is CCC[CH2][Sn]([CH2]CCC)([CH2]CCC)[c]1ccc2cc(C#N)c(=O)[nH]c2n1. The van der Waals surface area contributed by atoms with E-state index in [1.807, 2.05) is 6.07 Å². The fourth-order valence-corrected chi connectivity index (χ4v) is 19.2. The molecule has 1 N–H and O–H groups in total. The summed E-state index contributed by atoms with van der Waals surface area (Å²) in [5.41, 5.74) is 0.475. The van der Waals surface area contributed by atoms with Crippen molar-refractivity contribution in [1.29, 1.82) is 5.26 Å². The van der Waals surface area contributed by atoms with Gasteiger partial charge >= 0.3 is 161 Å². The molecule has 5 heteroatoms. The molecule has 2 heterocycles. The Balaban J connectivity index is 2.53. The summed E-state index contributed by atoms with van der Waals surface area (Å²) in [6.07, 6.45) is 7.54. The van der Waals surface area contributed by atoms with Crippen LogP contribution in [0.1, 0.15) is 64.9 Å². The summed E-state index contributed by atoms with van der Waals surface area (Å²) in [6, 6.07) is 7.88. The third-order valence-corrected chi connectivity index (χ3v) is 20.5. The van der Waals surface area contributed by atoms with Crippen LogP contribution in [0.4, 0.5) is 0 Å². The summed E-state index contributed by atoms with van der Waals surface area (Å²) in [5.74, 6) is 0. The number of aromatic nitrogens is 2. The van der Waals surface area contributed by atoms with Crippen LogP contribution < -0.4 is 9.27 Å². The molecule has 0 unspecified atom stereocenters. The van der Waals surface area contributed by atoms with E-state index in [2.05, 4.69) is 37.9 Å². The second-order valence-corrected chi connectivity index (χ2v) is 20.4. The fraction of sp³-hybridized carbons (Fsp3) is 0.571. The molecule has 0 aliphatic carbocycles. The topological polar surface area (TPSA) is 69.5 Å². The normalized spacial score (nSPS) is 11.6. The zero-order chi connectivity index (χ0) is 19.0. The van der Waals surface area contributed by atoms with Gasteiger partial charge in [0.05, 0.1) is 0 Å². The molecule has 0 bridgehead atoms. The van der Waals surface area contributed by atoms with E-state index in [1.54, 1.807) is 6.07 Å². The van der Waals surface area contributed by atoms with Gasteiger partial charge in [-0.25, -0.2) is 0 Å². The standard InChI is InChI=1S/C9H4N3O.3C4H9.Sn/c10-5-7-4-6-2-1-3-11-8(6)12-9(7)13;3*1-3-4-2;/h1-2,4H,(H,11,12,13);3*1,3-4H2,2H3;. The number of nitrogens with zero attached hydrogens (tertiary/aromatic N) is 2. The molecule has 0 fully saturated rings. The van der Waals surface area contributed by atoms with Gasteiger partial charge in [0.1, 0.15) is 0 Å². The second-order valence-electron chi connectivity index (χ2n) is 7.35. The summed E-state index contributed by atoms with van der Waals surface area (Å²) < 4.78 is 5.36. The van der Waals surface area contributed by atoms with Crippen molar-refractivity contribution in [3.05, 3.63) is 34.1 Å². The molecule has 0 saturated carbocycles. The molecule has 0 aliphatic rings. The van der Waals surface area contributed by atoms with Crippen LogP contribution in [-0.4, -0.2) is 28.3 Å². The van der Waals surface area contributed by atoms with Gasteiger partial charge < -0.3 is 0 Å². The number of nitriles is 1. The molecular formula is C21H31N3OSn. The number of nitrogens with one attached hydrogen (secondary N) is 1. The molecular weight excluding hydrogens is 429 g/mol. The fourth-order valence-electron chi connectivity index (χ4n) is 3.77. The van der Waals surface area contributed by atoms with Crippen molar-refractivity contribution in [3.8, 4) is 6.07 Å². The number of rotatable bonds is 10. The van der Waals surface area contributed by atoms with Crippen LogP contribution in [0.25, 0.3) is 11.0 Å². The van der Waals surface area contributed by atoms with E-state index in [4.69, 9.17) is 10.2 Å². The van der Waals surface area contributed by atoms with Crippen molar-refractivity contribution in [1.82, 2.24) is 9.97 Å². The average molecular weight is 460 g/mol. The van der Waals surface area contributed by atoms with Crippen molar-refractivity contribution in [2.75, 3.05) is 0 Å². The molecule has 4 nitrogen and oxygen atoms in total. The predicted molar refractivity (Wildman–Crippen MR) is 112 cm³/mol. The number of aromatic amines is 1. The molecule has 0 atom stereocenters. The Labute approximate surface area is 160 Å². The monoisotopic (exact) mass is 461 g/mol. The molecule has 140 valence electrons. The summed E-state index contributed by atoms with van der Waals surface area (Å²) >= 11 is -2.60. The van der Waals surface area contributed by atoms with Crippen LogP contribution >= 0.6 is 0 Å². The van der Waals surface area contributed by atoms with E-state index < -0.39 is 18.4 Å². The Hall–Kier alpha value is -1.35. The maximum atomic E-state index is 12.0. The molecule has 0 spiro atoms. The van der Waals surface area contributed by atoms with Crippen LogP contribution in [0, 0.1) is 11.3 Å². The van der Waals surface area contributed by atoms with Crippen molar-refractivity contribution in [3.63, 3.8) is 0 Å². The second kappa shape index (κ2) is 10.1. The van der Waals surface area contributed by atoms with Crippen LogP contribution in [0.3, 0.4) is 0 Å². The van der Waals surface area contributed by atoms with Crippen molar-refractivity contribution >= 4 is 33.1 Å². The van der Waals surface area contributed by atoms with Crippen LogP contribution in [0.5, 0.6) is 0 Å². The van der Waals surface area contributed by atoms with Gasteiger partial charge in [-0.3, -0.25) is 0 Å².